The number of fused-ring (bicyclic) bond motifs is 13. The van der Waals surface area contributed by atoms with Crippen molar-refractivity contribution in [2.45, 2.75) is 45.4 Å². The molecule has 0 atom stereocenters. The average Bonchev–Trinajstić information content (AvgIpc) is 1.24. The Morgan fingerprint density at radius 2 is 0.965 bits per heavy atom. The van der Waals surface area contributed by atoms with Crippen LogP contribution in [0.15, 0.2) is 269 Å². The predicted molar refractivity (Wildman–Crippen MR) is 357 cm³/mol. The van der Waals surface area contributed by atoms with Gasteiger partial charge < -0.3 is 23.5 Å². The molecule has 0 unspecified atom stereocenters. The van der Waals surface area contributed by atoms with Gasteiger partial charge in [-0.3, -0.25) is 0 Å². The van der Waals surface area contributed by atoms with Crippen molar-refractivity contribution in [3.8, 4) is 33.4 Å². The molecule has 5 nitrogen and oxygen atoms in total. The Hall–Kier alpha value is -10.3. The highest BCUT2D eigenvalue weighted by Crippen LogP contribution is 2.53. The van der Waals surface area contributed by atoms with Crippen molar-refractivity contribution in [2.24, 2.45) is 0 Å². The van der Waals surface area contributed by atoms with Gasteiger partial charge in [-0.15, -0.1) is 0 Å². The second-order valence-electron chi connectivity index (χ2n) is 24.1. The van der Waals surface area contributed by atoms with Crippen LogP contribution in [0.5, 0.6) is 0 Å². The van der Waals surface area contributed by atoms with Gasteiger partial charge in [0.15, 0.2) is 0 Å². The predicted octanol–water partition coefficient (Wildman–Crippen LogP) is 20.0. The number of rotatable bonds is 7. The standard InChI is InChI=1S/C79H58BN3O2/c1-78(2,3)51-45-69-77-70(46-51)83(55-39-41-60-59-24-12-15-29-63(59)79(4,5)64(60)47-55)68-48-56(81(52-20-8-6-9-21-52)53-22-10-7-11-23-53)40-42-65(68)80(77)66-44-50(58-28-19-33-74-76(58)62-26-14-17-31-72(62)85-74)36-43-67(66)82(69)54-37-34-49(35-38-54)57-27-18-32-73-75(57)61-25-13-16-30-71(61)84-73/h6-48H,1-5H3/i6D,7D,8D,9D,10D,11D,20D,21D,22D,23D. The normalized spacial score (nSPS) is 15.4. The molecular weight excluding hydrogens is 1030 g/mol. The number of hydrogen-bond donors (Lipinski definition) is 0. The summed E-state index contributed by atoms with van der Waals surface area (Å²) in [6.45, 7) is 10.7. The highest BCUT2D eigenvalue weighted by atomic mass is 16.3. The van der Waals surface area contributed by atoms with E-state index >= 15 is 0 Å². The molecule has 0 saturated heterocycles. The largest absolute Gasteiger partial charge is 0.456 e. The van der Waals surface area contributed by atoms with Gasteiger partial charge in [0.1, 0.15) is 22.3 Å². The number of benzene rings is 12. The summed E-state index contributed by atoms with van der Waals surface area (Å²) in [4.78, 5) is 5.93. The summed E-state index contributed by atoms with van der Waals surface area (Å²) < 4.78 is 104. The Balaban J connectivity index is 0.973. The van der Waals surface area contributed by atoms with Crippen molar-refractivity contribution in [1.82, 2.24) is 0 Å². The molecule has 0 bridgehead atoms. The van der Waals surface area contributed by atoms with E-state index in [9.17, 15) is 5.48 Å². The summed E-state index contributed by atoms with van der Waals surface area (Å²) in [5, 5.41) is 4.08. The van der Waals surface area contributed by atoms with Crippen LogP contribution in [0.4, 0.5) is 51.2 Å². The highest BCUT2D eigenvalue weighted by Gasteiger charge is 2.45. The van der Waals surface area contributed by atoms with Gasteiger partial charge in [0.2, 0.25) is 0 Å². The molecule has 0 spiro atoms. The lowest BCUT2D eigenvalue weighted by Crippen LogP contribution is -2.61. The SMILES string of the molecule is [2H]c1c([2H])c([2H])c(N(c2ccc3c(c2)N(c2ccc4c(c2)C(C)(C)c2ccccc2-4)c2cc(C(C)(C)C)cc4c2B3c2cc(-c3cccc5oc6ccccc6c35)ccc2N4c2ccc(-c3cccc4oc5ccccc5c34)cc2)c2c([2H])c([2H])c([2H])c([2H])c2[2H])c([2H])c1[2H]. The molecule has 14 aromatic rings. The van der Waals surface area contributed by atoms with Crippen LogP contribution in [0.1, 0.15) is 65.0 Å². The molecule has 4 heterocycles. The van der Waals surface area contributed by atoms with E-state index in [2.05, 4.69) is 166 Å². The minimum absolute atomic E-state index is 0.194. The molecule has 0 amide bonds. The second-order valence-corrected chi connectivity index (χ2v) is 24.1. The maximum atomic E-state index is 9.52. The summed E-state index contributed by atoms with van der Waals surface area (Å²) in [5.41, 5.74) is 19.5. The summed E-state index contributed by atoms with van der Waals surface area (Å²) in [6, 6.07) is 63.3. The monoisotopic (exact) mass is 1100 g/mol. The Morgan fingerprint density at radius 3 is 1.61 bits per heavy atom. The number of nitrogens with zero attached hydrogens (tertiary/aromatic N) is 3. The molecule has 0 radical (unpaired) electrons. The van der Waals surface area contributed by atoms with Gasteiger partial charge in [0.05, 0.1) is 13.7 Å². The van der Waals surface area contributed by atoms with E-state index < -0.39 is 78.0 Å². The molecular formula is C79H58BN3O2. The Labute approximate surface area is 509 Å². The highest BCUT2D eigenvalue weighted by molar-refractivity contribution is 7.00. The van der Waals surface area contributed by atoms with Gasteiger partial charge in [0, 0.05) is 78.1 Å². The maximum Gasteiger partial charge on any atom is 0.252 e. The van der Waals surface area contributed by atoms with Crippen LogP contribution in [0, 0.1) is 0 Å². The van der Waals surface area contributed by atoms with Crippen LogP contribution in [0.2, 0.25) is 0 Å². The van der Waals surface area contributed by atoms with E-state index in [1.165, 1.54) is 10.5 Å². The van der Waals surface area contributed by atoms with Crippen LogP contribution in [0.3, 0.4) is 0 Å². The van der Waals surface area contributed by atoms with E-state index in [1.807, 2.05) is 72.8 Å². The van der Waals surface area contributed by atoms with E-state index in [1.54, 1.807) is 6.07 Å². The van der Waals surface area contributed by atoms with Crippen LogP contribution in [-0.2, 0) is 10.8 Å². The van der Waals surface area contributed by atoms with E-state index in [0.29, 0.717) is 5.69 Å². The van der Waals surface area contributed by atoms with Crippen molar-refractivity contribution in [2.75, 3.05) is 14.7 Å². The molecule has 404 valence electrons. The molecule has 1 aliphatic carbocycles. The summed E-state index contributed by atoms with van der Waals surface area (Å²) in [7, 11) is 0. The van der Waals surface area contributed by atoms with Crippen LogP contribution in [0.25, 0.3) is 77.3 Å². The van der Waals surface area contributed by atoms with E-state index in [0.717, 1.165) is 133 Å². The molecule has 2 aliphatic heterocycles. The summed E-state index contributed by atoms with van der Waals surface area (Å²) in [6.07, 6.45) is 0. The quantitative estimate of drug-likeness (QED) is 0.149. The minimum Gasteiger partial charge on any atom is -0.456 e. The fourth-order valence-corrected chi connectivity index (χ4v) is 14.0. The summed E-state index contributed by atoms with van der Waals surface area (Å²) >= 11 is 0. The first kappa shape index (κ1) is 40.0. The molecule has 12 aromatic carbocycles. The van der Waals surface area contributed by atoms with E-state index in [-0.39, 0.29) is 17.1 Å². The Bertz CT molecular complexity index is 5570. The number of para-hydroxylation sites is 4. The van der Waals surface area contributed by atoms with Crippen molar-refractivity contribution in [3.63, 3.8) is 0 Å². The molecule has 0 saturated carbocycles. The lowest BCUT2D eigenvalue weighted by molar-refractivity contribution is 0.590. The molecule has 85 heavy (non-hydrogen) atoms. The topological polar surface area (TPSA) is 36.0 Å². The zero-order chi connectivity index (χ0) is 65.6. The maximum absolute atomic E-state index is 9.52. The number of anilines is 9. The van der Waals surface area contributed by atoms with Gasteiger partial charge in [-0.05, 0) is 175 Å². The first-order valence-corrected chi connectivity index (χ1v) is 28.9. The third kappa shape index (κ3) is 7.44. The lowest BCUT2D eigenvalue weighted by Gasteiger charge is -2.45. The summed E-state index contributed by atoms with van der Waals surface area (Å²) in [5.74, 6) is 0. The number of furan rings is 2. The van der Waals surface area contributed by atoms with Crippen molar-refractivity contribution in [1.29, 1.82) is 0 Å². The van der Waals surface area contributed by atoms with Crippen LogP contribution in [-0.4, -0.2) is 6.71 Å². The van der Waals surface area contributed by atoms with Crippen molar-refractivity contribution < 1.29 is 22.5 Å². The lowest BCUT2D eigenvalue weighted by atomic mass is 9.33. The first-order valence-electron chi connectivity index (χ1n) is 33.9. The molecule has 0 fully saturated rings. The van der Waals surface area contributed by atoms with E-state index in [4.69, 9.17) is 17.1 Å². The van der Waals surface area contributed by atoms with Gasteiger partial charge in [-0.25, -0.2) is 0 Å². The smallest absolute Gasteiger partial charge is 0.252 e. The molecule has 2 aromatic heterocycles. The first-order chi connectivity index (χ1) is 45.7. The third-order valence-corrected chi connectivity index (χ3v) is 18.0. The molecule has 0 N–H and O–H groups in total. The van der Waals surface area contributed by atoms with Crippen LogP contribution >= 0.6 is 0 Å². The third-order valence-electron chi connectivity index (χ3n) is 18.0. The van der Waals surface area contributed by atoms with Gasteiger partial charge >= 0.3 is 0 Å². The van der Waals surface area contributed by atoms with Crippen molar-refractivity contribution in [3.05, 3.63) is 277 Å². The average molecular weight is 1100 g/mol. The van der Waals surface area contributed by atoms with Crippen molar-refractivity contribution >= 4 is 118 Å². The molecule has 6 heteroatoms. The fourth-order valence-electron chi connectivity index (χ4n) is 14.0. The number of hydrogen-bond acceptors (Lipinski definition) is 5. The zero-order valence-corrected chi connectivity index (χ0v) is 47.3. The molecule has 3 aliphatic rings. The van der Waals surface area contributed by atoms with Gasteiger partial charge in [0.25, 0.3) is 6.71 Å². The van der Waals surface area contributed by atoms with Gasteiger partial charge in [-0.2, -0.15) is 0 Å². The van der Waals surface area contributed by atoms with Gasteiger partial charge in [-0.1, -0.05) is 192 Å². The minimum atomic E-state index is -0.646. The van der Waals surface area contributed by atoms with Crippen LogP contribution < -0.4 is 31.1 Å². The second kappa shape index (κ2) is 18.4. The molecule has 17 rings (SSSR count). The Kier molecular flexibility index (Phi) is 8.64. The zero-order valence-electron chi connectivity index (χ0n) is 57.3. The fraction of sp³-hybridized carbons (Fsp3) is 0.0886. The Morgan fingerprint density at radius 1 is 0.424 bits per heavy atom.